The van der Waals surface area contributed by atoms with Gasteiger partial charge >= 0.3 is 0 Å². The third kappa shape index (κ3) is 5.99. The second-order valence-corrected chi connectivity index (χ2v) is 15.1. The molecule has 8 aromatic rings. The van der Waals surface area contributed by atoms with Crippen molar-refractivity contribution in [3.05, 3.63) is 193 Å². The van der Waals surface area contributed by atoms with Crippen molar-refractivity contribution in [2.45, 2.75) is 37.5 Å². The average molecular weight is 719 g/mol. The van der Waals surface area contributed by atoms with Crippen molar-refractivity contribution < 1.29 is 0 Å². The van der Waals surface area contributed by atoms with Crippen LogP contribution >= 0.6 is 0 Å². The smallest absolute Gasteiger partial charge is 0.187 e. The van der Waals surface area contributed by atoms with E-state index in [2.05, 4.69) is 137 Å². The molecule has 0 radical (unpaired) electrons. The summed E-state index contributed by atoms with van der Waals surface area (Å²) >= 11 is 0. The highest BCUT2D eigenvalue weighted by atomic mass is 14.9. The molecule has 1 saturated carbocycles. The van der Waals surface area contributed by atoms with Crippen LogP contribution in [0.4, 0.5) is 5.69 Å². The van der Waals surface area contributed by atoms with Crippen LogP contribution in [0.1, 0.15) is 43.2 Å². The van der Waals surface area contributed by atoms with Crippen molar-refractivity contribution in [1.29, 1.82) is 0 Å². The Balaban J connectivity index is 1.01. The van der Waals surface area contributed by atoms with Crippen molar-refractivity contribution in [2.75, 3.05) is 0 Å². The van der Waals surface area contributed by atoms with E-state index < -0.39 is 0 Å². The zero-order valence-electron chi connectivity index (χ0n) is 31.0. The lowest BCUT2D eigenvalue weighted by Gasteiger charge is -2.36. The standard InChI is InChI=1S/C52H38N4/c1-53-44-23-25-46-45-24-22-41(31-47(45)52(48(46)32-44)26-6-3-7-27-52)39-14-8-13-38(29-39)40-15-9-16-42(30-40)50-33-49(55-51(56-50)37-11-4-2-5-12-37)36-20-18-35(19-21-36)43-17-10-28-54-34-43/h2,4-5,8-25,28-34H,3,6-7,26-27H2. The zero-order chi connectivity index (χ0) is 37.5. The number of benzene rings is 6. The molecule has 266 valence electrons. The number of hydrogen-bond donors (Lipinski definition) is 0. The fraction of sp³-hybridized carbons (Fsp3) is 0.115. The molecule has 1 spiro atoms. The third-order valence-corrected chi connectivity index (χ3v) is 11.8. The Kier molecular flexibility index (Phi) is 8.42. The Bertz CT molecular complexity index is 2780. The van der Waals surface area contributed by atoms with Gasteiger partial charge in [0.15, 0.2) is 11.5 Å². The number of fused-ring (bicyclic) bond motifs is 5. The van der Waals surface area contributed by atoms with Gasteiger partial charge in [-0.05, 0) is 98.8 Å². The first-order valence-electron chi connectivity index (χ1n) is 19.5. The van der Waals surface area contributed by atoms with Crippen molar-refractivity contribution >= 4 is 5.69 Å². The number of rotatable bonds is 6. The lowest BCUT2D eigenvalue weighted by molar-refractivity contribution is 0.353. The van der Waals surface area contributed by atoms with Gasteiger partial charge in [-0.2, -0.15) is 0 Å². The quantitative estimate of drug-likeness (QED) is 0.161. The molecule has 10 rings (SSSR count). The molecule has 2 aromatic heterocycles. The van der Waals surface area contributed by atoms with Gasteiger partial charge in [0, 0.05) is 34.5 Å². The molecule has 0 amide bonds. The van der Waals surface area contributed by atoms with Crippen molar-refractivity contribution in [1.82, 2.24) is 15.0 Å². The maximum Gasteiger partial charge on any atom is 0.187 e. The Labute approximate surface area is 328 Å². The van der Waals surface area contributed by atoms with Crippen molar-refractivity contribution in [3.63, 3.8) is 0 Å². The summed E-state index contributed by atoms with van der Waals surface area (Å²) in [5, 5.41) is 0. The maximum absolute atomic E-state index is 7.71. The normalized spacial score (nSPS) is 13.8. The van der Waals surface area contributed by atoms with E-state index in [9.17, 15) is 0 Å². The highest BCUT2D eigenvalue weighted by molar-refractivity contribution is 5.86. The number of aromatic nitrogens is 3. The van der Waals surface area contributed by atoms with Gasteiger partial charge in [0.25, 0.3) is 0 Å². The zero-order valence-corrected chi connectivity index (χ0v) is 31.0. The Hall–Kier alpha value is -6.96. The minimum atomic E-state index is -0.0119. The molecular formula is C52H38N4. The molecule has 2 aliphatic rings. The number of nitrogens with zero attached hydrogens (tertiary/aromatic N) is 4. The van der Waals surface area contributed by atoms with Crippen molar-refractivity contribution in [3.8, 4) is 78.4 Å². The molecule has 1 fully saturated rings. The fourth-order valence-electron chi connectivity index (χ4n) is 8.99. The first kappa shape index (κ1) is 33.6. The summed E-state index contributed by atoms with van der Waals surface area (Å²) in [6.45, 7) is 7.71. The van der Waals surface area contributed by atoms with Gasteiger partial charge in [0.1, 0.15) is 0 Å². The maximum atomic E-state index is 7.71. The van der Waals surface area contributed by atoms with E-state index in [4.69, 9.17) is 16.5 Å². The Morgan fingerprint density at radius 3 is 1.71 bits per heavy atom. The van der Waals surface area contributed by atoms with Crippen LogP contribution < -0.4 is 0 Å². The van der Waals surface area contributed by atoms with E-state index in [0.717, 1.165) is 68.9 Å². The summed E-state index contributed by atoms with van der Waals surface area (Å²) in [5.41, 5.74) is 17.9. The minimum absolute atomic E-state index is 0.0119. The topological polar surface area (TPSA) is 43.0 Å². The molecular weight excluding hydrogens is 681 g/mol. The monoisotopic (exact) mass is 718 g/mol. The molecule has 6 aromatic carbocycles. The van der Waals surface area contributed by atoms with E-state index >= 15 is 0 Å². The predicted molar refractivity (Wildman–Crippen MR) is 228 cm³/mol. The van der Waals surface area contributed by atoms with Crippen LogP contribution in [0, 0.1) is 6.57 Å². The van der Waals surface area contributed by atoms with Crippen LogP contribution in [0.3, 0.4) is 0 Å². The SMILES string of the molecule is [C-]#[N+]c1ccc2c(c1)C1(CCCCC1)c1cc(-c3cccc(-c4cccc(-c5cc(-c6ccc(-c7cccnc7)cc6)nc(-c6ccccc6)n5)c4)c3)ccc1-2. The molecule has 2 heterocycles. The van der Waals surface area contributed by atoms with E-state index in [1.807, 2.05) is 36.5 Å². The van der Waals surface area contributed by atoms with Crippen LogP contribution in [-0.2, 0) is 5.41 Å². The van der Waals surface area contributed by atoms with Gasteiger partial charge in [-0.1, -0.05) is 147 Å². The lowest BCUT2D eigenvalue weighted by Crippen LogP contribution is -2.28. The summed E-state index contributed by atoms with van der Waals surface area (Å²) in [5.74, 6) is 0.696. The fourth-order valence-corrected chi connectivity index (χ4v) is 8.99. The average Bonchev–Trinajstić information content (AvgIpc) is 3.54. The number of pyridine rings is 1. The largest absolute Gasteiger partial charge is 0.264 e. The molecule has 0 saturated heterocycles. The summed E-state index contributed by atoms with van der Waals surface area (Å²) < 4.78 is 0. The molecule has 0 aliphatic heterocycles. The molecule has 0 unspecified atom stereocenters. The van der Waals surface area contributed by atoms with E-state index in [1.165, 1.54) is 52.6 Å². The summed E-state index contributed by atoms with van der Waals surface area (Å²) in [4.78, 5) is 18.3. The Morgan fingerprint density at radius 2 is 1.02 bits per heavy atom. The van der Waals surface area contributed by atoms with Crippen LogP contribution in [-0.4, -0.2) is 15.0 Å². The van der Waals surface area contributed by atoms with Gasteiger partial charge in [0.2, 0.25) is 0 Å². The van der Waals surface area contributed by atoms with E-state index in [1.54, 1.807) is 6.20 Å². The van der Waals surface area contributed by atoms with Crippen molar-refractivity contribution in [2.24, 2.45) is 0 Å². The van der Waals surface area contributed by atoms with Crippen LogP contribution in [0.25, 0.3) is 83.3 Å². The van der Waals surface area contributed by atoms with Crippen LogP contribution in [0.2, 0.25) is 0 Å². The van der Waals surface area contributed by atoms with Gasteiger partial charge in [-0.3, -0.25) is 4.98 Å². The molecule has 56 heavy (non-hydrogen) atoms. The third-order valence-electron chi connectivity index (χ3n) is 11.8. The molecule has 0 atom stereocenters. The van der Waals surface area contributed by atoms with Gasteiger partial charge < -0.3 is 0 Å². The van der Waals surface area contributed by atoms with Gasteiger partial charge in [-0.15, -0.1) is 0 Å². The summed E-state index contributed by atoms with van der Waals surface area (Å²) in [7, 11) is 0. The van der Waals surface area contributed by atoms with Crippen LogP contribution in [0.15, 0.2) is 170 Å². The summed E-state index contributed by atoms with van der Waals surface area (Å²) in [6, 6.07) is 55.9. The molecule has 2 aliphatic carbocycles. The van der Waals surface area contributed by atoms with Crippen LogP contribution in [0.5, 0.6) is 0 Å². The highest BCUT2D eigenvalue weighted by Crippen LogP contribution is 2.57. The second kappa shape index (κ2) is 14.0. The lowest BCUT2D eigenvalue weighted by atomic mass is 9.67. The number of hydrogen-bond acceptors (Lipinski definition) is 3. The first-order valence-corrected chi connectivity index (χ1v) is 19.5. The molecule has 0 N–H and O–H groups in total. The minimum Gasteiger partial charge on any atom is -0.264 e. The Morgan fingerprint density at radius 1 is 0.446 bits per heavy atom. The van der Waals surface area contributed by atoms with Gasteiger partial charge in [0.05, 0.1) is 18.0 Å². The highest BCUT2D eigenvalue weighted by Gasteiger charge is 2.43. The van der Waals surface area contributed by atoms with Gasteiger partial charge in [-0.25, -0.2) is 14.8 Å². The molecule has 4 heteroatoms. The van der Waals surface area contributed by atoms with E-state index in [-0.39, 0.29) is 5.41 Å². The summed E-state index contributed by atoms with van der Waals surface area (Å²) in [6.07, 6.45) is 9.67. The molecule has 4 nitrogen and oxygen atoms in total. The first-order chi connectivity index (χ1) is 27.6. The molecule has 0 bridgehead atoms. The predicted octanol–water partition coefficient (Wildman–Crippen LogP) is 13.7. The van der Waals surface area contributed by atoms with E-state index in [0.29, 0.717) is 5.82 Å². The second-order valence-electron chi connectivity index (χ2n) is 15.1.